The number of aryl methyl sites for hydroxylation is 2. The highest BCUT2D eigenvalue weighted by Gasteiger charge is 2.48. The first-order valence-electron chi connectivity index (χ1n) is 14.0. The molecule has 7 rings (SSSR count). The molecular formula is C28H39N5O5S. The van der Waals surface area contributed by atoms with Crippen molar-refractivity contribution in [3.63, 3.8) is 0 Å². The number of carbonyl (C=O) groups excluding carboxylic acids is 1. The Morgan fingerprint density at radius 3 is 2.51 bits per heavy atom. The van der Waals surface area contributed by atoms with Crippen molar-refractivity contribution in [3.05, 3.63) is 41.1 Å². The summed E-state index contributed by atoms with van der Waals surface area (Å²) < 4.78 is 39.3. The number of hydrogen-bond acceptors (Lipinski definition) is 8. The van der Waals surface area contributed by atoms with Gasteiger partial charge in [0.05, 0.1) is 18.6 Å². The van der Waals surface area contributed by atoms with Crippen LogP contribution in [0.5, 0.6) is 5.75 Å². The van der Waals surface area contributed by atoms with Crippen molar-refractivity contribution in [1.82, 2.24) is 24.4 Å². The molecule has 39 heavy (non-hydrogen) atoms. The quantitative estimate of drug-likeness (QED) is 0.553. The van der Waals surface area contributed by atoms with Crippen molar-refractivity contribution in [3.8, 4) is 5.75 Å². The number of rotatable bonds is 7. The number of ether oxygens (including phenoxy) is 1. The van der Waals surface area contributed by atoms with Crippen molar-refractivity contribution >= 4 is 15.9 Å². The first-order valence-corrected chi connectivity index (χ1v) is 15.4. The van der Waals surface area contributed by atoms with E-state index >= 15 is 0 Å². The summed E-state index contributed by atoms with van der Waals surface area (Å²) in [6.45, 7) is 8.15. The number of sulfonamides is 1. The molecule has 3 unspecified atom stereocenters. The largest absolute Gasteiger partial charge is 0.497 e. The standard InChI is InChI=1S/C28H39N5O5S/c1-17-7-23(37-4)8-18(2)27(17)39(35,36)29-11-26-30-24(16-38-26)28(34)33-12-19-5-6-32(13-21(19)14-33)25-15-31(3)22-9-20(25)10-22/h7-8,16,19-22,25,29H,5-6,9-15H2,1-4H3. The van der Waals surface area contributed by atoms with E-state index in [0.29, 0.717) is 34.8 Å². The highest BCUT2D eigenvalue weighted by Crippen LogP contribution is 2.43. The molecule has 5 heterocycles. The number of amides is 1. The van der Waals surface area contributed by atoms with Crippen LogP contribution in [-0.2, 0) is 16.6 Å². The van der Waals surface area contributed by atoms with E-state index in [1.807, 2.05) is 4.90 Å². The van der Waals surface area contributed by atoms with Gasteiger partial charge in [0.25, 0.3) is 5.91 Å². The van der Waals surface area contributed by atoms with Crippen LogP contribution in [0.15, 0.2) is 27.7 Å². The number of benzene rings is 1. The van der Waals surface area contributed by atoms with Gasteiger partial charge < -0.3 is 19.0 Å². The Balaban J connectivity index is 1.06. The van der Waals surface area contributed by atoms with Crippen molar-refractivity contribution in [2.24, 2.45) is 17.8 Å². The van der Waals surface area contributed by atoms with Crippen LogP contribution in [-0.4, -0.2) is 93.0 Å². The molecular weight excluding hydrogens is 518 g/mol. The molecule has 5 aliphatic rings. The summed E-state index contributed by atoms with van der Waals surface area (Å²) in [5, 5.41) is 0. The van der Waals surface area contributed by atoms with Crippen LogP contribution in [0, 0.1) is 31.6 Å². The van der Waals surface area contributed by atoms with Gasteiger partial charge in [0, 0.05) is 38.3 Å². The molecule has 3 atom stereocenters. The number of hydrogen-bond donors (Lipinski definition) is 1. The van der Waals surface area contributed by atoms with Gasteiger partial charge in [-0.25, -0.2) is 18.1 Å². The molecule has 1 aromatic heterocycles. The fraction of sp³-hybridized carbons (Fsp3) is 0.643. The summed E-state index contributed by atoms with van der Waals surface area (Å²) in [7, 11) is -0.00898. The van der Waals surface area contributed by atoms with E-state index in [0.717, 1.165) is 44.6 Å². The molecule has 1 aliphatic carbocycles. The lowest BCUT2D eigenvalue weighted by atomic mass is 9.69. The van der Waals surface area contributed by atoms with Crippen LogP contribution < -0.4 is 9.46 Å². The summed E-state index contributed by atoms with van der Waals surface area (Å²) >= 11 is 0. The molecule has 5 fully saturated rings. The second-order valence-corrected chi connectivity index (χ2v) is 13.7. The number of fused-ring (bicyclic) bond motifs is 3. The zero-order valence-electron chi connectivity index (χ0n) is 23.2. The number of piperidine rings is 3. The number of likely N-dealkylation sites (tertiary alicyclic amines) is 2. The molecule has 10 nitrogen and oxygen atoms in total. The number of likely N-dealkylation sites (N-methyl/N-ethyl adjacent to an activating group) is 1. The van der Waals surface area contributed by atoms with Crippen molar-refractivity contribution in [1.29, 1.82) is 0 Å². The zero-order valence-corrected chi connectivity index (χ0v) is 24.0. The van der Waals surface area contributed by atoms with Gasteiger partial charge in [0.2, 0.25) is 15.9 Å². The van der Waals surface area contributed by atoms with Crippen LogP contribution in [0.2, 0.25) is 0 Å². The minimum absolute atomic E-state index is 0.140. The van der Waals surface area contributed by atoms with Crippen LogP contribution in [0.3, 0.4) is 0 Å². The third-order valence-corrected chi connectivity index (χ3v) is 11.2. The Kier molecular flexibility index (Phi) is 6.97. The van der Waals surface area contributed by atoms with Gasteiger partial charge in [-0.1, -0.05) is 0 Å². The molecule has 212 valence electrons. The van der Waals surface area contributed by atoms with Crippen LogP contribution in [0.25, 0.3) is 0 Å². The Bertz CT molecular complexity index is 1330. The maximum atomic E-state index is 13.3. The molecule has 0 radical (unpaired) electrons. The average Bonchev–Trinajstić information content (AvgIpc) is 3.52. The van der Waals surface area contributed by atoms with E-state index < -0.39 is 10.0 Å². The van der Waals surface area contributed by atoms with Gasteiger partial charge in [0.1, 0.15) is 12.0 Å². The molecule has 2 aromatic rings. The summed E-state index contributed by atoms with van der Waals surface area (Å²) in [6.07, 6.45) is 5.14. The molecule has 11 heteroatoms. The molecule has 4 saturated heterocycles. The number of carbonyl (C=O) groups is 1. The summed E-state index contributed by atoms with van der Waals surface area (Å²) in [5.41, 5.74) is 1.40. The highest BCUT2D eigenvalue weighted by atomic mass is 32.2. The first-order chi connectivity index (χ1) is 18.6. The number of nitrogens with zero attached hydrogens (tertiary/aromatic N) is 4. The normalized spacial score (nSPS) is 29.2. The van der Waals surface area contributed by atoms with Gasteiger partial charge in [-0.05, 0) is 87.7 Å². The Morgan fingerprint density at radius 1 is 1.10 bits per heavy atom. The van der Waals surface area contributed by atoms with Crippen molar-refractivity contribution in [2.45, 2.75) is 56.6 Å². The fourth-order valence-corrected chi connectivity index (χ4v) is 8.73. The predicted molar refractivity (Wildman–Crippen MR) is 145 cm³/mol. The van der Waals surface area contributed by atoms with Gasteiger partial charge in [-0.3, -0.25) is 9.69 Å². The third-order valence-electron chi connectivity index (χ3n) is 9.50. The number of nitrogens with one attached hydrogen (secondary N) is 1. The third kappa shape index (κ3) is 4.98. The molecule has 2 bridgehead atoms. The number of methoxy groups -OCH3 is 1. The SMILES string of the molecule is COc1cc(C)c(S(=O)(=O)NCc2nc(C(=O)N3CC4CCN(C5CN(C)C6CC5C6)CC4C3)co2)c(C)c1. The van der Waals surface area contributed by atoms with Gasteiger partial charge in [-0.2, -0.15) is 0 Å². The highest BCUT2D eigenvalue weighted by molar-refractivity contribution is 7.89. The molecule has 1 aromatic carbocycles. The van der Waals surface area contributed by atoms with Gasteiger partial charge >= 0.3 is 0 Å². The van der Waals surface area contributed by atoms with Crippen LogP contribution in [0.1, 0.15) is 46.8 Å². The smallest absolute Gasteiger partial charge is 0.275 e. The van der Waals surface area contributed by atoms with E-state index in [2.05, 4.69) is 26.6 Å². The van der Waals surface area contributed by atoms with Crippen molar-refractivity contribution in [2.75, 3.05) is 46.9 Å². The number of aromatic nitrogens is 1. The molecule has 1 saturated carbocycles. The van der Waals surface area contributed by atoms with E-state index in [1.165, 1.54) is 25.6 Å². The summed E-state index contributed by atoms with van der Waals surface area (Å²) in [5.74, 6) is 2.47. The van der Waals surface area contributed by atoms with Crippen LogP contribution in [0.4, 0.5) is 0 Å². The maximum Gasteiger partial charge on any atom is 0.275 e. The molecule has 4 aliphatic heterocycles. The lowest BCUT2D eigenvalue weighted by Gasteiger charge is -2.56. The number of oxazole rings is 1. The van der Waals surface area contributed by atoms with Crippen LogP contribution >= 0.6 is 0 Å². The Labute approximate surface area is 230 Å². The average molecular weight is 558 g/mol. The molecule has 1 N–H and O–H groups in total. The minimum Gasteiger partial charge on any atom is -0.497 e. The monoisotopic (exact) mass is 557 g/mol. The lowest BCUT2D eigenvalue weighted by molar-refractivity contribution is -0.0605. The minimum atomic E-state index is -3.81. The topological polar surface area (TPSA) is 108 Å². The van der Waals surface area contributed by atoms with E-state index in [-0.39, 0.29) is 28.9 Å². The van der Waals surface area contributed by atoms with Crippen molar-refractivity contribution < 1.29 is 22.4 Å². The molecule has 0 spiro atoms. The molecule has 1 amide bonds. The van der Waals surface area contributed by atoms with E-state index in [9.17, 15) is 13.2 Å². The Hall–Kier alpha value is -2.47. The first kappa shape index (κ1) is 26.7. The van der Waals surface area contributed by atoms with Gasteiger partial charge in [0.15, 0.2) is 5.69 Å². The maximum absolute atomic E-state index is 13.3. The zero-order chi connectivity index (χ0) is 27.5. The summed E-state index contributed by atoms with van der Waals surface area (Å²) in [4.78, 5) is 25.0. The second-order valence-electron chi connectivity index (χ2n) is 11.9. The van der Waals surface area contributed by atoms with E-state index in [1.54, 1.807) is 33.1 Å². The second kappa shape index (κ2) is 10.2. The summed E-state index contributed by atoms with van der Waals surface area (Å²) in [6, 6.07) is 4.82. The van der Waals surface area contributed by atoms with Gasteiger partial charge in [-0.15, -0.1) is 0 Å². The Morgan fingerprint density at radius 2 is 1.82 bits per heavy atom. The lowest BCUT2D eigenvalue weighted by Crippen LogP contribution is -2.63. The fourth-order valence-electron chi connectivity index (χ4n) is 7.31. The predicted octanol–water partition coefficient (Wildman–Crippen LogP) is 2.27. The van der Waals surface area contributed by atoms with E-state index in [4.69, 9.17) is 9.15 Å².